The van der Waals surface area contributed by atoms with Crippen LogP contribution in [-0.4, -0.2) is 54.3 Å². The molecule has 0 saturated carbocycles. The maximum Gasteiger partial charge on any atom is 0.228 e. The number of benzene rings is 1. The van der Waals surface area contributed by atoms with Gasteiger partial charge in [-0.3, -0.25) is 9.59 Å². The normalized spacial score (nSPS) is 20.4. The van der Waals surface area contributed by atoms with Crippen LogP contribution in [-0.2, 0) is 16.1 Å². The van der Waals surface area contributed by atoms with Crippen molar-refractivity contribution >= 4 is 17.5 Å². The van der Waals surface area contributed by atoms with Gasteiger partial charge in [0.2, 0.25) is 11.8 Å². The number of piperazine rings is 1. The van der Waals surface area contributed by atoms with E-state index in [9.17, 15) is 14.0 Å². The molecule has 0 aliphatic carbocycles. The van der Waals surface area contributed by atoms with Crippen LogP contribution in [0.4, 0.5) is 10.1 Å². The molecule has 2 fully saturated rings. The Bertz CT molecular complexity index is 798. The summed E-state index contributed by atoms with van der Waals surface area (Å²) in [5, 5.41) is 0. The molecule has 3 heterocycles. The number of furan rings is 1. The SMILES string of the molecule is O=C1C[C@@H](C(=O)N2CCN(c3ccc(F)cc3)CC2)CN1Cc1ccco1. The van der Waals surface area contributed by atoms with E-state index in [1.54, 1.807) is 29.4 Å². The molecule has 1 atom stereocenters. The number of carbonyl (C=O) groups is 2. The van der Waals surface area contributed by atoms with E-state index in [0.29, 0.717) is 39.3 Å². The molecular formula is C20H22FN3O3. The van der Waals surface area contributed by atoms with Gasteiger partial charge in [0, 0.05) is 44.8 Å². The second-order valence-corrected chi connectivity index (χ2v) is 7.04. The van der Waals surface area contributed by atoms with Crippen molar-refractivity contribution in [2.45, 2.75) is 13.0 Å². The standard InChI is InChI=1S/C20H22FN3O3/c21-16-3-5-17(6-4-16)22-7-9-23(10-8-22)20(26)15-12-19(25)24(13-15)14-18-2-1-11-27-18/h1-6,11,15H,7-10,12-14H2/t15-/m1/s1. The third-order valence-electron chi connectivity index (χ3n) is 5.27. The molecule has 0 spiro atoms. The molecule has 0 bridgehead atoms. The van der Waals surface area contributed by atoms with Crippen LogP contribution in [0.25, 0.3) is 0 Å². The quantitative estimate of drug-likeness (QED) is 0.826. The van der Waals surface area contributed by atoms with Crippen molar-refractivity contribution < 1.29 is 18.4 Å². The highest BCUT2D eigenvalue weighted by Crippen LogP contribution is 2.24. The fourth-order valence-electron chi connectivity index (χ4n) is 3.78. The van der Waals surface area contributed by atoms with Gasteiger partial charge in [-0.05, 0) is 36.4 Å². The van der Waals surface area contributed by atoms with E-state index < -0.39 is 0 Å². The minimum Gasteiger partial charge on any atom is -0.467 e. The molecule has 2 aliphatic rings. The van der Waals surface area contributed by atoms with Gasteiger partial charge < -0.3 is 19.1 Å². The Labute approximate surface area is 157 Å². The summed E-state index contributed by atoms with van der Waals surface area (Å²) >= 11 is 0. The van der Waals surface area contributed by atoms with E-state index >= 15 is 0 Å². The highest BCUT2D eigenvalue weighted by atomic mass is 19.1. The van der Waals surface area contributed by atoms with E-state index in [0.717, 1.165) is 11.4 Å². The molecule has 1 aromatic carbocycles. The highest BCUT2D eigenvalue weighted by molar-refractivity contribution is 5.89. The summed E-state index contributed by atoms with van der Waals surface area (Å²) in [5.74, 6) is 0.227. The summed E-state index contributed by atoms with van der Waals surface area (Å²) in [6, 6.07) is 10.0. The number of hydrogen-bond donors (Lipinski definition) is 0. The molecule has 1 aromatic heterocycles. The van der Waals surface area contributed by atoms with Crippen molar-refractivity contribution in [2.75, 3.05) is 37.6 Å². The Morgan fingerprint density at radius 3 is 2.52 bits per heavy atom. The van der Waals surface area contributed by atoms with Crippen LogP contribution in [0.1, 0.15) is 12.2 Å². The molecule has 0 N–H and O–H groups in total. The average Bonchev–Trinajstić information content (AvgIpc) is 3.32. The van der Waals surface area contributed by atoms with E-state index in [1.807, 2.05) is 11.0 Å². The number of likely N-dealkylation sites (tertiary alicyclic amines) is 1. The lowest BCUT2D eigenvalue weighted by Gasteiger charge is -2.37. The molecular weight excluding hydrogens is 349 g/mol. The number of halogens is 1. The molecule has 6 nitrogen and oxygen atoms in total. The molecule has 0 unspecified atom stereocenters. The van der Waals surface area contributed by atoms with Crippen LogP contribution in [0.2, 0.25) is 0 Å². The lowest BCUT2D eigenvalue weighted by atomic mass is 10.1. The van der Waals surface area contributed by atoms with Gasteiger partial charge in [-0.1, -0.05) is 0 Å². The molecule has 4 rings (SSSR count). The first-order valence-electron chi connectivity index (χ1n) is 9.19. The van der Waals surface area contributed by atoms with Crippen molar-refractivity contribution in [3.05, 3.63) is 54.2 Å². The monoisotopic (exact) mass is 371 g/mol. The molecule has 2 saturated heterocycles. The van der Waals surface area contributed by atoms with Gasteiger partial charge in [-0.15, -0.1) is 0 Å². The van der Waals surface area contributed by atoms with Crippen LogP contribution < -0.4 is 4.90 Å². The number of carbonyl (C=O) groups excluding carboxylic acids is 2. The van der Waals surface area contributed by atoms with Crippen molar-refractivity contribution in [3.8, 4) is 0 Å². The van der Waals surface area contributed by atoms with Gasteiger partial charge in [0.15, 0.2) is 0 Å². The molecule has 7 heteroatoms. The summed E-state index contributed by atoms with van der Waals surface area (Å²) < 4.78 is 18.4. The predicted molar refractivity (Wildman–Crippen MR) is 97.4 cm³/mol. The first kappa shape index (κ1) is 17.6. The van der Waals surface area contributed by atoms with Gasteiger partial charge in [0.1, 0.15) is 11.6 Å². The Morgan fingerprint density at radius 1 is 1.11 bits per heavy atom. The molecule has 2 aromatic rings. The second kappa shape index (κ2) is 7.42. The van der Waals surface area contributed by atoms with Crippen LogP contribution in [0, 0.1) is 11.7 Å². The average molecular weight is 371 g/mol. The minimum atomic E-state index is -0.287. The lowest BCUT2D eigenvalue weighted by molar-refractivity contribution is -0.136. The summed E-state index contributed by atoms with van der Waals surface area (Å²) in [6.07, 6.45) is 1.84. The number of hydrogen-bond acceptors (Lipinski definition) is 4. The van der Waals surface area contributed by atoms with Crippen LogP contribution in [0.5, 0.6) is 0 Å². The number of anilines is 1. The Morgan fingerprint density at radius 2 is 1.85 bits per heavy atom. The van der Waals surface area contributed by atoms with Gasteiger partial charge in [0.25, 0.3) is 0 Å². The molecule has 142 valence electrons. The van der Waals surface area contributed by atoms with Gasteiger partial charge in [0.05, 0.1) is 18.7 Å². The van der Waals surface area contributed by atoms with Crippen molar-refractivity contribution in [1.29, 1.82) is 0 Å². The summed E-state index contributed by atoms with van der Waals surface area (Å²) in [4.78, 5) is 30.8. The van der Waals surface area contributed by atoms with E-state index in [4.69, 9.17) is 4.42 Å². The van der Waals surface area contributed by atoms with E-state index in [1.165, 1.54) is 12.1 Å². The summed E-state index contributed by atoms with van der Waals surface area (Å²) in [6.45, 7) is 3.48. The zero-order chi connectivity index (χ0) is 18.8. The lowest BCUT2D eigenvalue weighted by Crippen LogP contribution is -2.50. The molecule has 27 heavy (non-hydrogen) atoms. The smallest absolute Gasteiger partial charge is 0.228 e. The number of nitrogens with zero attached hydrogens (tertiary/aromatic N) is 3. The van der Waals surface area contributed by atoms with Crippen LogP contribution in [0.15, 0.2) is 47.1 Å². The molecule has 2 aliphatic heterocycles. The van der Waals surface area contributed by atoms with Crippen LogP contribution in [0.3, 0.4) is 0 Å². The zero-order valence-electron chi connectivity index (χ0n) is 15.0. The second-order valence-electron chi connectivity index (χ2n) is 7.04. The third-order valence-corrected chi connectivity index (χ3v) is 5.27. The van der Waals surface area contributed by atoms with Crippen molar-refractivity contribution in [2.24, 2.45) is 5.92 Å². The summed E-state index contributed by atoms with van der Waals surface area (Å²) in [7, 11) is 0. The third kappa shape index (κ3) is 3.82. The first-order chi connectivity index (χ1) is 13.1. The maximum atomic E-state index is 13.1. The Kier molecular flexibility index (Phi) is 4.83. The minimum absolute atomic E-state index is 0.00491. The Hall–Kier alpha value is -2.83. The molecule has 0 radical (unpaired) electrons. The van der Waals surface area contributed by atoms with E-state index in [2.05, 4.69) is 4.90 Å². The zero-order valence-corrected chi connectivity index (χ0v) is 15.0. The van der Waals surface area contributed by atoms with Crippen molar-refractivity contribution in [3.63, 3.8) is 0 Å². The largest absolute Gasteiger partial charge is 0.467 e. The highest BCUT2D eigenvalue weighted by Gasteiger charge is 2.37. The van der Waals surface area contributed by atoms with Gasteiger partial charge >= 0.3 is 0 Å². The van der Waals surface area contributed by atoms with Crippen LogP contribution >= 0.6 is 0 Å². The van der Waals surface area contributed by atoms with E-state index in [-0.39, 0.29) is 30.0 Å². The van der Waals surface area contributed by atoms with Gasteiger partial charge in [-0.25, -0.2) is 4.39 Å². The maximum absolute atomic E-state index is 13.1. The fourth-order valence-corrected chi connectivity index (χ4v) is 3.78. The Balaban J connectivity index is 1.31. The number of amides is 2. The van der Waals surface area contributed by atoms with Gasteiger partial charge in [-0.2, -0.15) is 0 Å². The first-order valence-corrected chi connectivity index (χ1v) is 9.19. The topological polar surface area (TPSA) is 57.0 Å². The summed E-state index contributed by atoms with van der Waals surface area (Å²) in [5.41, 5.74) is 0.962. The fraction of sp³-hybridized carbons (Fsp3) is 0.400. The molecule has 2 amide bonds. The predicted octanol–water partition coefficient (Wildman–Crippen LogP) is 2.12. The number of rotatable bonds is 4. The van der Waals surface area contributed by atoms with Crippen molar-refractivity contribution in [1.82, 2.24) is 9.80 Å².